The van der Waals surface area contributed by atoms with Crippen LogP contribution in [-0.4, -0.2) is 11.8 Å². The average molecular weight is 244 g/mol. The van der Waals surface area contributed by atoms with Crippen molar-refractivity contribution in [1.29, 1.82) is 0 Å². The average Bonchev–Trinajstić information content (AvgIpc) is 2.82. The van der Waals surface area contributed by atoms with Gasteiger partial charge in [-0.3, -0.25) is 14.5 Å². The molecule has 1 aliphatic carbocycles. The highest BCUT2D eigenvalue weighted by molar-refractivity contribution is 6.22. The molecule has 0 radical (unpaired) electrons. The largest absolute Gasteiger partial charge is 0.399 e. The van der Waals surface area contributed by atoms with Gasteiger partial charge in [-0.25, -0.2) is 0 Å². The molecule has 1 aliphatic heterocycles. The molecule has 1 heterocycles. The summed E-state index contributed by atoms with van der Waals surface area (Å²) in [6.07, 6.45) is 1.67. The second kappa shape index (κ2) is 3.83. The Morgan fingerprint density at radius 1 is 1.06 bits per heavy atom. The van der Waals surface area contributed by atoms with Crippen molar-refractivity contribution in [1.82, 2.24) is 0 Å². The van der Waals surface area contributed by atoms with Crippen LogP contribution in [0.4, 0.5) is 11.4 Å². The zero-order valence-corrected chi connectivity index (χ0v) is 10.3. The predicted octanol–water partition coefficient (Wildman–Crippen LogP) is 1.80. The van der Waals surface area contributed by atoms with Gasteiger partial charge in [-0.1, -0.05) is 6.92 Å². The second-order valence-electron chi connectivity index (χ2n) is 5.39. The Kier molecular flexibility index (Phi) is 2.40. The highest BCUT2D eigenvalue weighted by atomic mass is 16.2. The fourth-order valence-electron chi connectivity index (χ4n) is 3.16. The van der Waals surface area contributed by atoms with E-state index in [4.69, 9.17) is 5.73 Å². The summed E-state index contributed by atoms with van der Waals surface area (Å²) in [5, 5.41) is 0. The van der Waals surface area contributed by atoms with Crippen LogP contribution in [0.15, 0.2) is 24.3 Å². The quantitative estimate of drug-likeness (QED) is 0.605. The minimum Gasteiger partial charge on any atom is -0.399 e. The van der Waals surface area contributed by atoms with Crippen molar-refractivity contribution in [2.45, 2.75) is 19.8 Å². The predicted molar refractivity (Wildman–Crippen MR) is 68.7 cm³/mol. The maximum absolute atomic E-state index is 12.3. The van der Waals surface area contributed by atoms with Gasteiger partial charge in [-0.2, -0.15) is 0 Å². The lowest BCUT2D eigenvalue weighted by atomic mass is 10.00. The number of hydrogen-bond acceptors (Lipinski definition) is 3. The number of rotatable bonds is 1. The number of fused-ring (bicyclic) bond motifs is 1. The molecule has 0 bridgehead atoms. The summed E-state index contributed by atoms with van der Waals surface area (Å²) >= 11 is 0. The molecule has 2 atom stereocenters. The number of anilines is 2. The van der Waals surface area contributed by atoms with E-state index in [1.54, 1.807) is 24.3 Å². The summed E-state index contributed by atoms with van der Waals surface area (Å²) < 4.78 is 0. The summed E-state index contributed by atoms with van der Waals surface area (Å²) in [6, 6.07) is 6.89. The fraction of sp³-hybridized carbons (Fsp3) is 0.429. The Balaban J connectivity index is 1.93. The summed E-state index contributed by atoms with van der Waals surface area (Å²) in [5.74, 6) is 0.176. The van der Waals surface area contributed by atoms with Gasteiger partial charge in [0.2, 0.25) is 11.8 Å². The van der Waals surface area contributed by atoms with Crippen LogP contribution >= 0.6 is 0 Å². The van der Waals surface area contributed by atoms with Crippen molar-refractivity contribution < 1.29 is 9.59 Å². The number of nitrogens with zero attached hydrogens (tertiary/aromatic N) is 1. The van der Waals surface area contributed by atoms with Crippen LogP contribution in [0.2, 0.25) is 0 Å². The maximum Gasteiger partial charge on any atom is 0.237 e. The molecular weight excluding hydrogens is 228 g/mol. The summed E-state index contributed by atoms with van der Waals surface area (Å²) in [4.78, 5) is 25.9. The van der Waals surface area contributed by atoms with E-state index in [0.717, 1.165) is 12.8 Å². The number of carbonyl (C=O) groups is 2. The van der Waals surface area contributed by atoms with Crippen LogP contribution in [0.25, 0.3) is 0 Å². The van der Waals surface area contributed by atoms with Gasteiger partial charge in [0.05, 0.1) is 17.5 Å². The lowest BCUT2D eigenvalue weighted by molar-refractivity contribution is -0.123. The molecule has 94 valence electrons. The number of carbonyl (C=O) groups excluding carboxylic acids is 2. The molecule has 1 saturated heterocycles. The number of benzene rings is 1. The summed E-state index contributed by atoms with van der Waals surface area (Å²) in [7, 11) is 0. The van der Waals surface area contributed by atoms with Crippen LogP contribution in [0.1, 0.15) is 19.8 Å². The van der Waals surface area contributed by atoms with Crippen LogP contribution in [0, 0.1) is 17.8 Å². The standard InChI is InChI=1S/C14H16N2O2/c1-8-6-11-12(7-8)14(18)16(13(11)17)10-4-2-9(15)3-5-10/h2-5,8,11-12H,6-7,15H2,1H3. The fourth-order valence-corrected chi connectivity index (χ4v) is 3.16. The van der Waals surface area contributed by atoms with Gasteiger partial charge in [0.15, 0.2) is 0 Å². The van der Waals surface area contributed by atoms with Gasteiger partial charge in [0.25, 0.3) is 0 Å². The molecule has 2 unspecified atom stereocenters. The monoisotopic (exact) mass is 244 g/mol. The van der Waals surface area contributed by atoms with Gasteiger partial charge in [-0.15, -0.1) is 0 Å². The Hall–Kier alpha value is -1.84. The van der Waals surface area contributed by atoms with E-state index in [0.29, 0.717) is 17.3 Å². The third-order valence-corrected chi connectivity index (χ3v) is 4.02. The van der Waals surface area contributed by atoms with E-state index in [-0.39, 0.29) is 23.7 Å². The minimum absolute atomic E-state index is 0.0425. The van der Waals surface area contributed by atoms with Crippen LogP contribution in [0.5, 0.6) is 0 Å². The molecule has 0 spiro atoms. The van der Waals surface area contributed by atoms with Crippen molar-refractivity contribution in [2.75, 3.05) is 10.6 Å². The lowest BCUT2D eigenvalue weighted by Gasteiger charge is -2.16. The molecule has 2 fully saturated rings. The van der Waals surface area contributed by atoms with Gasteiger partial charge in [0.1, 0.15) is 0 Å². The molecule has 2 amide bonds. The Morgan fingerprint density at radius 2 is 1.56 bits per heavy atom. The molecule has 2 N–H and O–H groups in total. The lowest BCUT2D eigenvalue weighted by Crippen LogP contribution is -2.32. The summed E-state index contributed by atoms with van der Waals surface area (Å²) in [6.45, 7) is 2.10. The zero-order chi connectivity index (χ0) is 12.9. The first-order valence-electron chi connectivity index (χ1n) is 6.31. The molecule has 4 heteroatoms. The number of hydrogen-bond donors (Lipinski definition) is 1. The molecule has 1 aromatic rings. The first-order chi connectivity index (χ1) is 8.58. The first-order valence-corrected chi connectivity index (χ1v) is 6.31. The Morgan fingerprint density at radius 3 is 2.06 bits per heavy atom. The third-order valence-electron chi connectivity index (χ3n) is 4.02. The molecular formula is C14H16N2O2. The Bertz CT molecular complexity index is 485. The van der Waals surface area contributed by atoms with E-state index >= 15 is 0 Å². The molecule has 18 heavy (non-hydrogen) atoms. The highest BCUT2D eigenvalue weighted by Gasteiger charge is 2.52. The maximum atomic E-state index is 12.3. The van der Waals surface area contributed by atoms with E-state index in [1.165, 1.54) is 4.90 Å². The molecule has 4 nitrogen and oxygen atoms in total. The molecule has 2 aliphatic rings. The molecule has 1 aromatic carbocycles. The zero-order valence-electron chi connectivity index (χ0n) is 10.3. The normalized spacial score (nSPS) is 30.9. The number of amides is 2. The van der Waals surface area contributed by atoms with Crippen molar-refractivity contribution in [2.24, 2.45) is 17.8 Å². The van der Waals surface area contributed by atoms with Crippen molar-refractivity contribution >= 4 is 23.2 Å². The van der Waals surface area contributed by atoms with E-state index in [1.807, 2.05) is 0 Å². The topological polar surface area (TPSA) is 63.4 Å². The second-order valence-corrected chi connectivity index (χ2v) is 5.39. The van der Waals surface area contributed by atoms with Crippen molar-refractivity contribution in [3.63, 3.8) is 0 Å². The molecule has 0 aromatic heterocycles. The minimum atomic E-state index is -0.106. The van der Waals surface area contributed by atoms with Gasteiger partial charge in [-0.05, 0) is 43.0 Å². The van der Waals surface area contributed by atoms with Crippen LogP contribution < -0.4 is 10.6 Å². The molecule has 3 rings (SSSR count). The first kappa shape index (κ1) is 11.3. The van der Waals surface area contributed by atoms with Crippen molar-refractivity contribution in [3.8, 4) is 0 Å². The summed E-state index contributed by atoms with van der Waals surface area (Å²) in [5.41, 5.74) is 6.89. The SMILES string of the molecule is CC1CC2C(=O)N(c3ccc(N)cc3)C(=O)C2C1. The van der Waals surface area contributed by atoms with Crippen molar-refractivity contribution in [3.05, 3.63) is 24.3 Å². The van der Waals surface area contributed by atoms with E-state index < -0.39 is 0 Å². The highest BCUT2D eigenvalue weighted by Crippen LogP contribution is 2.44. The van der Waals surface area contributed by atoms with Gasteiger partial charge in [0, 0.05) is 5.69 Å². The van der Waals surface area contributed by atoms with E-state index in [9.17, 15) is 9.59 Å². The number of nitrogen functional groups attached to an aromatic ring is 1. The van der Waals surface area contributed by atoms with Crippen LogP contribution in [-0.2, 0) is 9.59 Å². The molecule has 1 saturated carbocycles. The van der Waals surface area contributed by atoms with E-state index in [2.05, 4.69) is 6.92 Å². The van der Waals surface area contributed by atoms with Crippen LogP contribution in [0.3, 0.4) is 0 Å². The number of imide groups is 1. The smallest absolute Gasteiger partial charge is 0.237 e. The third kappa shape index (κ3) is 1.52. The Labute approximate surface area is 106 Å². The van der Waals surface area contributed by atoms with Gasteiger partial charge < -0.3 is 5.73 Å². The number of nitrogens with two attached hydrogens (primary N) is 1. The van der Waals surface area contributed by atoms with Gasteiger partial charge >= 0.3 is 0 Å².